The maximum atomic E-state index is 13.0. The highest BCUT2D eigenvalue weighted by Gasteiger charge is 2.28. The lowest BCUT2D eigenvalue weighted by atomic mass is 9.95. The third kappa shape index (κ3) is 4.27. The van der Waals surface area contributed by atoms with Crippen molar-refractivity contribution >= 4 is 34.3 Å². The van der Waals surface area contributed by atoms with Crippen molar-refractivity contribution in [1.29, 1.82) is 0 Å². The number of nitrogens with zero attached hydrogens (tertiary/aromatic N) is 2. The molecule has 150 valence electrons. The monoisotopic (exact) mass is 411 g/mol. The minimum absolute atomic E-state index is 0.00620. The molecule has 6 nitrogen and oxygen atoms in total. The minimum atomic E-state index is -0.0938. The van der Waals surface area contributed by atoms with Crippen LogP contribution in [-0.4, -0.2) is 34.8 Å². The van der Waals surface area contributed by atoms with Gasteiger partial charge in [-0.15, -0.1) is 0 Å². The molecule has 7 heteroatoms. The first-order chi connectivity index (χ1) is 14.0. The summed E-state index contributed by atoms with van der Waals surface area (Å²) in [6.45, 7) is 3.32. The van der Waals surface area contributed by atoms with Gasteiger partial charge in [0.1, 0.15) is 5.76 Å². The van der Waals surface area contributed by atoms with Crippen molar-refractivity contribution in [2.45, 2.75) is 26.3 Å². The molecule has 1 fully saturated rings. The zero-order valence-corrected chi connectivity index (χ0v) is 16.9. The molecule has 1 aromatic carbocycles. The standard InChI is InChI=1S/C22H22ClN3O3/c1-14-19(12-16-11-17(23)4-5-20(16)25-14)22(28)26-8-6-15(7-9-26)21(27)24-13-18-3-2-10-29-18/h2-5,10-12,15H,6-9,13H2,1H3,(H,24,27). The highest BCUT2D eigenvalue weighted by Crippen LogP contribution is 2.24. The van der Waals surface area contributed by atoms with Crippen LogP contribution in [0.2, 0.25) is 5.02 Å². The average Bonchev–Trinajstić information content (AvgIpc) is 3.25. The number of furan rings is 1. The summed E-state index contributed by atoms with van der Waals surface area (Å²) in [5.41, 5.74) is 2.10. The number of fused-ring (bicyclic) bond motifs is 1. The molecule has 29 heavy (non-hydrogen) atoms. The molecule has 3 heterocycles. The molecule has 0 atom stereocenters. The number of piperidine rings is 1. The van der Waals surface area contributed by atoms with Crippen molar-refractivity contribution in [2.75, 3.05) is 13.1 Å². The lowest BCUT2D eigenvalue weighted by Crippen LogP contribution is -2.43. The zero-order valence-electron chi connectivity index (χ0n) is 16.2. The zero-order chi connectivity index (χ0) is 20.4. The van der Waals surface area contributed by atoms with Crippen LogP contribution in [0.1, 0.15) is 34.7 Å². The number of aromatic nitrogens is 1. The average molecular weight is 412 g/mol. The molecular weight excluding hydrogens is 390 g/mol. The van der Waals surface area contributed by atoms with Crippen molar-refractivity contribution in [3.05, 3.63) is 64.7 Å². The molecule has 1 aliphatic heterocycles. The lowest BCUT2D eigenvalue weighted by molar-refractivity contribution is -0.126. The summed E-state index contributed by atoms with van der Waals surface area (Å²) in [6, 6.07) is 10.9. The Bertz CT molecular complexity index is 1040. The van der Waals surface area contributed by atoms with E-state index in [1.807, 2.05) is 31.2 Å². The molecule has 1 N–H and O–H groups in total. The van der Waals surface area contributed by atoms with E-state index < -0.39 is 0 Å². The van der Waals surface area contributed by atoms with E-state index >= 15 is 0 Å². The Kier molecular flexibility index (Phi) is 5.53. The van der Waals surface area contributed by atoms with E-state index in [0.29, 0.717) is 48.8 Å². The van der Waals surface area contributed by atoms with Gasteiger partial charge >= 0.3 is 0 Å². The third-order valence-electron chi connectivity index (χ3n) is 5.37. The van der Waals surface area contributed by atoms with Gasteiger partial charge in [0.15, 0.2) is 0 Å². The van der Waals surface area contributed by atoms with E-state index in [9.17, 15) is 9.59 Å². The Labute approximate surface area is 173 Å². The summed E-state index contributed by atoms with van der Waals surface area (Å²) in [5.74, 6) is 0.590. The summed E-state index contributed by atoms with van der Waals surface area (Å²) in [5, 5.41) is 4.37. The SMILES string of the molecule is Cc1nc2ccc(Cl)cc2cc1C(=O)N1CCC(C(=O)NCc2ccco2)CC1. The molecule has 0 aliphatic carbocycles. The number of halogens is 1. The normalized spacial score (nSPS) is 14.9. The van der Waals surface area contributed by atoms with Crippen molar-refractivity contribution in [3.63, 3.8) is 0 Å². The van der Waals surface area contributed by atoms with Crippen LogP contribution >= 0.6 is 11.6 Å². The van der Waals surface area contributed by atoms with Gasteiger partial charge in [-0.3, -0.25) is 14.6 Å². The molecule has 4 rings (SSSR count). The number of benzene rings is 1. The first-order valence-corrected chi connectivity index (χ1v) is 10.1. The number of rotatable bonds is 4. The van der Waals surface area contributed by atoms with Crippen LogP contribution in [0.15, 0.2) is 47.1 Å². The highest BCUT2D eigenvalue weighted by molar-refractivity contribution is 6.31. The largest absolute Gasteiger partial charge is 0.467 e. The second-order valence-electron chi connectivity index (χ2n) is 7.32. The number of amides is 2. The van der Waals surface area contributed by atoms with Gasteiger partial charge in [0, 0.05) is 29.4 Å². The fourth-order valence-corrected chi connectivity index (χ4v) is 3.89. The molecule has 0 bridgehead atoms. The van der Waals surface area contributed by atoms with Crippen LogP contribution in [0.25, 0.3) is 10.9 Å². The Morgan fingerprint density at radius 2 is 2.03 bits per heavy atom. The van der Waals surface area contributed by atoms with Crippen molar-refractivity contribution in [1.82, 2.24) is 15.2 Å². The molecule has 2 aromatic heterocycles. The first kappa shape index (κ1) is 19.5. The van der Waals surface area contributed by atoms with Gasteiger partial charge in [0.25, 0.3) is 5.91 Å². The predicted octanol–water partition coefficient (Wildman–Crippen LogP) is 3.96. The second-order valence-corrected chi connectivity index (χ2v) is 7.76. The van der Waals surface area contributed by atoms with Gasteiger partial charge in [-0.05, 0) is 56.2 Å². The van der Waals surface area contributed by atoms with Crippen molar-refractivity contribution < 1.29 is 14.0 Å². The molecule has 0 unspecified atom stereocenters. The smallest absolute Gasteiger partial charge is 0.255 e. The van der Waals surface area contributed by atoms with Crippen LogP contribution < -0.4 is 5.32 Å². The number of hydrogen-bond acceptors (Lipinski definition) is 4. The third-order valence-corrected chi connectivity index (χ3v) is 5.60. The van der Waals surface area contributed by atoms with Gasteiger partial charge in [-0.1, -0.05) is 11.6 Å². The van der Waals surface area contributed by atoms with Crippen LogP contribution in [0, 0.1) is 12.8 Å². The first-order valence-electron chi connectivity index (χ1n) is 9.67. The van der Waals surface area contributed by atoms with E-state index in [4.69, 9.17) is 16.0 Å². The number of carbonyl (C=O) groups excluding carboxylic acids is 2. The van der Waals surface area contributed by atoms with E-state index in [0.717, 1.165) is 16.7 Å². The Morgan fingerprint density at radius 1 is 1.24 bits per heavy atom. The maximum absolute atomic E-state index is 13.0. The van der Waals surface area contributed by atoms with E-state index in [2.05, 4.69) is 10.3 Å². The molecule has 0 spiro atoms. The molecule has 3 aromatic rings. The van der Waals surface area contributed by atoms with Crippen LogP contribution in [0.5, 0.6) is 0 Å². The maximum Gasteiger partial charge on any atom is 0.255 e. The lowest BCUT2D eigenvalue weighted by Gasteiger charge is -2.31. The fourth-order valence-electron chi connectivity index (χ4n) is 3.71. The molecule has 0 saturated carbocycles. The van der Waals surface area contributed by atoms with Crippen LogP contribution in [0.4, 0.5) is 0 Å². The Morgan fingerprint density at radius 3 is 2.76 bits per heavy atom. The van der Waals surface area contributed by atoms with E-state index in [1.165, 1.54) is 0 Å². The fraction of sp³-hybridized carbons (Fsp3) is 0.318. The van der Waals surface area contributed by atoms with Gasteiger partial charge in [-0.25, -0.2) is 0 Å². The van der Waals surface area contributed by atoms with Crippen molar-refractivity contribution in [2.24, 2.45) is 5.92 Å². The summed E-state index contributed by atoms with van der Waals surface area (Å²) in [7, 11) is 0. The molecule has 2 amide bonds. The summed E-state index contributed by atoms with van der Waals surface area (Å²) >= 11 is 6.08. The molecular formula is C22H22ClN3O3. The summed E-state index contributed by atoms with van der Waals surface area (Å²) < 4.78 is 5.24. The molecule has 1 aliphatic rings. The van der Waals surface area contributed by atoms with Crippen LogP contribution in [-0.2, 0) is 11.3 Å². The van der Waals surface area contributed by atoms with Crippen molar-refractivity contribution in [3.8, 4) is 0 Å². The predicted molar refractivity (Wildman–Crippen MR) is 111 cm³/mol. The highest BCUT2D eigenvalue weighted by atomic mass is 35.5. The van der Waals surface area contributed by atoms with E-state index in [1.54, 1.807) is 23.3 Å². The molecule has 0 radical (unpaired) electrons. The summed E-state index contributed by atoms with van der Waals surface area (Å²) in [6.07, 6.45) is 2.87. The topological polar surface area (TPSA) is 75.4 Å². The second kappa shape index (κ2) is 8.25. The minimum Gasteiger partial charge on any atom is -0.467 e. The quantitative estimate of drug-likeness (QED) is 0.705. The number of aryl methyl sites for hydroxylation is 1. The van der Waals surface area contributed by atoms with Gasteiger partial charge in [0.2, 0.25) is 5.91 Å². The van der Waals surface area contributed by atoms with Gasteiger partial charge in [0.05, 0.1) is 29.6 Å². The number of carbonyl (C=O) groups is 2. The number of pyridine rings is 1. The number of likely N-dealkylation sites (tertiary alicyclic amines) is 1. The molecule has 1 saturated heterocycles. The van der Waals surface area contributed by atoms with Gasteiger partial charge in [-0.2, -0.15) is 0 Å². The summed E-state index contributed by atoms with van der Waals surface area (Å²) in [4.78, 5) is 31.8. The number of hydrogen-bond donors (Lipinski definition) is 1. The Hall–Kier alpha value is -2.86. The number of nitrogens with one attached hydrogen (secondary N) is 1. The van der Waals surface area contributed by atoms with Gasteiger partial charge < -0.3 is 14.6 Å². The van der Waals surface area contributed by atoms with E-state index in [-0.39, 0.29) is 17.7 Å². The van der Waals surface area contributed by atoms with Crippen LogP contribution in [0.3, 0.4) is 0 Å². The Balaban J connectivity index is 1.39.